The summed E-state index contributed by atoms with van der Waals surface area (Å²) in [7, 11) is -5.26. The normalized spacial score (nSPS) is 15.6. The van der Waals surface area contributed by atoms with Crippen LogP contribution in [0.3, 0.4) is 0 Å². The molecule has 1 aliphatic heterocycles. The third-order valence-corrected chi connectivity index (χ3v) is 10.2. The standard InChI is InChI=1S/C26H38ClN5O4S2/c1-4-5-6-7-8-17-38(28,36)25-12-9-20(18-23(25)27)30-26(33)22-19-21(32-15-13-29-14-16-32)10-11-24(22)31(2)37(3,34)35/h9-12,18-19,28-29H,4-8,13-17H2,1-3H3,(H,30,33). The molecule has 1 saturated heterocycles. The molecule has 0 aromatic heterocycles. The lowest BCUT2D eigenvalue weighted by atomic mass is 10.1. The maximum atomic E-state index is 13.4. The minimum absolute atomic E-state index is 0.152. The molecule has 12 heteroatoms. The van der Waals surface area contributed by atoms with Gasteiger partial charge in [-0.2, -0.15) is 0 Å². The van der Waals surface area contributed by atoms with Crippen molar-refractivity contribution in [1.82, 2.24) is 5.32 Å². The average Bonchev–Trinajstić information content (AvgIpc) is 2.87. The Bertz CT molecular complexity index is 1340. The summed E-state index contributed by atoms with van der Waals surface area (Å²) in [6.07, 6.45) is 5.98. The number of rotatable bonds is 12. The molecule has 2 aromatic carbocycles. The van der Waals surface area contributed by atoms with Gasteiger partial charge in [0, 0.05) is 50.4 Å². The molecule has 0 saturated carbocycles. The van der Waals surface area contributed by atoms with Gasteiger partial charge in [0.15, 0.2) is 0 Å². The number of amides is 1. The first-order valence-electron chi connectivity index (χ1n) is 12.8. The molecular formula is C26H38ClN5O4S2. The number of halogens is 1. The van der Waals surface area contributed by atoms with E-state index in [1.165, 1.54) is 19.2 Å². The van der Waals surface area contributed by atoms with Gasteiger partial charge < -0.3 is 15.5 Å². The molecule has 1 fully saturated rings. The summed E-state index contributed by atoms with van der Waals surface area (Å²) in [5.74, 6) is -0.263. The highest BCUT2D eigenvalue weighted by molar-refractivity contribution is 7.92. The summed E-state index contributed by atoms with van der Waals surface area (Å²) in [5.41, 5.74) is 1.64. The monoisotopic (exact) mass is 583 g/mol. The number of sulfonamides is 1. The fraction of sp³-hybridized carbons (Fsp3) is 0.500. The van der Waals surface area contributed by atoms with Crippen LogP contribution in [0.25, 0.3) is 0 Å². The highest BCUT2D eigenvalue weighted by Crippen LogP contribution is 2.30. The van der Waals surface area contributed by atoms with Crippen molar-refractivity contribution in [2.24, 2.45) is 0 Å². The lowest BCUT2D eigenvalue weighted by Crippen LogP contribution is -2.43. The van der Waals surface area contributed by atoms with E-state index in [4.69, 9.17) is 16.4 Å². The molecule has 0 radical (unpaired) electrons. The Kier molecular flexibility index (Phi) is 10.4. The van der Waals surface area contributed by atoms with Crippen molar-refractivity contribution in [2.75, 3.05) is 59.8 Å². The molecule has 1 amide bonds. The number of unbranched alkanes of at least 4 members (excludes halogenated alkanes) is 4. The Morgan fingerprint density at radius 1 is 1.08 bits per heavy atom. The Morgan fingerprint density at radius 2 is 1.76 bits per heavy atom. The van der Waals surface area contributed by atoms with Crippen LogP contribution in [0.2, 0.25) is 5.02 Å². The van der Waals surface area contributed by atoms with Crippen LogP contribution < -0.4 is 19.8 Å². The predicted octanol–water partition coefficient (Wildman–Crippen LogP) is 4.77. The molecule has 0 bridgehead atoms. The molecule has 1 aliphatic rings. The number of carbonyl (C=O) groups excluding carboxylic acids is 1. The van der Waals surface area contributed by atoms with E-state index < -0.39 is 25.7 Å². The van der Waals surface area contributed by atoms with Gasteiger partial charge in [-0.25, -0.2) is 17.4 Å². The van der Waals surface area contributed by atoms with Crippen molar-refractivity contribution in [3.05, 3.63) is 47.0 Å². The minimum atomic E-state index is -3.61. The zero-order valence-corrected chi connectivity index (χ0v) is 24.6. The van der Waals surface area contributed by atoms with E-state index in [1.807, 2.05) is 6.07 Å². The van der Waals surface area contributed by atoms with Crippen LogP contribution >= 0.6 is 11.6 Å². The van der Waals surface area contributed by atoms with Gasteiger partial charge in [-0.15, -0.1) is 0 Å². The van der Waals surface area contributed by atoms with Gasteiger partial charge in [-0.1, -0.05) is 44.2 Å². The summed E-state index contributed by atoms with van der Waals surface area (Å²) < 4.78 is 47.0. The summed E-state index contributed by atoms with van der Waals surface area (Å²) >= 11 is 6.42. The lowest BCUT2D eigenvalue weighted by Gasteiger charge is -2.30. The third-order valence-electron chi connectivity index (χ3n) is 6.62. The number of carbonyl (C=O) groups is 1. The van der Waals surface area contributed by atoms with Crippen LogP contribution in [0.5, 0.6) is 0 Å². The van der Waals surface area contributed by atoms with Gasteiger partial charge in [-0.3, -0.25) is 9.10 Å². The van der Waals surface area contributed by atoms with Crippen LogP contribution in [-0.4, -0.2) is 63.8 Å². The van der Waals surface area contributed by atoms with Crippen LogP contribution in [-0.2, 0) is 19.8 Å². The van der Waals surface area contributed by atoms with Crippen molar-refractivity contribution >= 4 is 54.3 Å². The largest absolute Gasteiger partial charge is 0.369 e. The Morgan fingerprint density at radius 3 is 2.39 bits per heavy atom. The van der Waals surface area contributed by atoms with Gasteiger partial charge >= 0.3 is 0 Å². The molecular weight excluding hydrogens is 546 g/mol. The molecule has 2 aromatic rings. The van der Waals surface area contributed by atoms with Gasteiger partial charge in [0.05, 0.1) is 37.2 Å². The molecule has 1 heterocycles. The second kappa shape index (κ2) is 13.1. The molecule has 0 aliphatic carbocycles. The molecule has 38 heavy (non-hydrogen) atoms. The Labute approximate surface area is 232 Å². The maximum Gasteiger partial charge on any atom is 0.257 e. The number of anilines is 3. The number of benzene rings is 2. The van der Waals surface area contributed by atoms with E-state index in [0.29, 0.717) is 12.1 Å². The molecule has 210 valence electrons. The Balaban J connectivity index is 1.84. The van der Waals surface area contributed by atoms with Gasteiger partial charge in [0.1, 0.15) is 0 Å². The van der Waals surface area contributed by atoms with Crippen LogP contribution in [0, 0.1) is 4.78 Å². The van der Waals surface area contributed by atoms with Crippen molar-refractivity contribution in [3.8, 4) is 0 Å². The van der Waals surface area contributed by atoms with E-state index in [2.05, 4.69) is 22.5 Å². The van der Waals surface area contributed by atoms with Crippen molar-refractivity contribution in [3.63, 3.8) is 0 Å². The van der Waals surface area contributed by atoms with E-state index >= 15 is 0 Å². The summed E-state index contributed by atoms with van der Waals surface area (Å²) in [5, 5.41) is 6.23. The average molecular weight is 584 g/mol. The summed E-state index contributed by atoms with van der Waals surface area (Å²) in [4.78, 5) is 15.8. The van der Waals surface area contributed by atoms with E-state index in [0.717, 1.165) is 68.1 Å². The second-order valence-electron chi connectivity index (χ2n) is 9.56. The number of hydrogen-bond donors (Lipinski definition) is 3. The summed E-state index contributed by atoms with van der Waals surface area (Å²) in [6.45, 7) is 5.29. The smallest absolute Gasteiger partial charge is 0.257 e. The zero-order valence-electron chi connectivity index (χ0n) is 22.3. The number of hydrogen-bond acceptors (Lipinski definition) is 7. The highest BCUT2D eigenvalue weighted by Gasteiger charge is 2.23. The first-order chi connectivity index (χ1) is 17.9. The van der Waals surface area contributed by atoms with Crippen molar-refractivity contribution < 1.29 is 17.4 Å². The van der Waals surface area contributed by atoms with E-state index in [1.54, 1.807) is 18.2 Å². The minimum Gasteiger partial charge on any atom is -0.369 e. The molecule has 0 spiro atoms. The van der Waals surface area contributed by atoms with Crippen molar-refractivity contribution in [1.29, 1.82) is 4.78 Å². The maximum absolute atomic E-state index is 13.4. The van der Waals surface area contributed by atoms with Crippen LogP contribution in [0.15, 0.2) is 41.3 Å². The number of nitrogens with zero attached hydrogens (tertiary/aromatic N) is 2. The van der Waals surface area contributed by atoms with Gasteiger partial charge in [0.25, 0.3) is 5.91 Å². The van der Waals surface area contributed by atoms with Gasteiger partial charge in [0.2, 0.25) is 10.0 Å². The topological polar surface area (TPSA) is 123 Å². The molecule has 3 N–H and O–H groups in total. The van der Waals surface area contributed by atoms with Crippen molar-refractivity contribution in [2.45, 2.75) is 43.9 Å². The van der Waals surface area contributed by atoms with Crippen LogP contribution in [0.1, 0.15) is 49.4 Å². The number of piperazine rings is 1. The molecule has 1 unspecified atom stereocenters. The quantitative estimate of drug-likeness (QED) is 0.309. The molecule has 9 nitrogen and oxygen atoms in total. The van der Waals surface area contributed by atoms with E-state index in [9.17, 15) is 17.4 Å². The first-order valence-corrected chi connectivity index (χ1v) is 16.8. The molecule has 1 atom stereocenters. The fourth-order valence-electron chi connectivity index (χ4n) is 4.34. The van der Waals surface area contributed by atoms with E-state index in [-0.39, 0.29) is 26.9 Å². The van der Waals surface area contributed by atoms with Crippen LogP contribution in [0.4, 0.5) is 17.1 Å². The Hall–Kier alpha value is -2.34. The highest BCUT2D eigenvalue weighted by atomic mass is 35.5. The van der Waals surface area contributed by atoms with Gasteiger partial charge in [-0.05, 0) is 42.8 Å². The first kappa shape index (κ1) is 30.2. The SMILES string of the molecule is CCCCCCCS(=N)(=O)c1ccc(NC(=O)c2cc(N3CCNCC3)ccc2N(C)S(C)(=O)=O)cc1Cl. The fourth-order valence-corrected chi connectivity index (χ4v) is 6.91. The predicted molar refractivity (Wildman–Crippen MR) is 157 cm³/mol. The lowest BCUT2D eigenvalue weighted by molar-refractivity contribution is 0.102. The third kappa shape index (κ3) is 7.84. The second-order valence-corrected chi connectivity index (χ2v) is 14.2. The zero-order chi connectivity index (χ0) is 27.9. The molecule has 3 rings (SSSR count). The summed E-state index contributed by atoms with van der Waals surface area (Å²) in [6, 6.07) is 9.74. The number of nitrogens with one attached hydrogen (secondary N) is 3.